The van der Waals surface area contributed by atoms with Gasteiger partial charge in [0, 0.05) is 46.0 Å². The van der Waals surface area contributed by atoms with Crippen LogP contribution in [0.5, 0.6) is 0 Å². The summed E-state index contributed by atoms with van der Waals surface area (Å²) in [6.45, 7) is 8.49. The van der Waals surface area contributed by atoms with Crippen LogP contribution in [0, 0.1) is 5.92 Å². The van der Waals surface area contributed by atoms with Crippen LogP contribution in [0.1, 0.15) is 27.2 Å². The quantitative estimate of drug-likeness (QED) is 0.677. The summed E-state index contributed by atoms with van der Waals surface area (Å²) in [4.78, 5) is 28.8. The molecule has 0 aromatic heterocycles. The maximum absolute atomic E-state index is 12.8. The third kappa shape index (κ3) is 6.91. The number of hydrogen-bond donors (Lipinski definition) is 1. The molecule has 174 valence electrons. The monoisotopic (exact) mass is 454 g/mol. The highest BCUT2D eigenvalue weighted by Crippen LogP contribution is 2.19. The molecule has 1 aromatic carbocycles. The topological polar surface area (TPSA) is 99.3 Å². The van der Waals surface area contributed by atoms with E-state index in [4.69, 9.17) is 4.74 Å². The van der Waals surface area contributed by atoms with Crippen LogP contribution < -0.4 is 5.32 Å². The molecule has 1 aliphatic rings. The first kappa shape index (κ1) is 25.1. The van der Waals surface area contributed by atoms with Crippen LogP contribution in [0.3, 0.4) is 0 Å². The highest BCUT2D eigenvalue weighted by atomic mass is 32.2. The van der Waals surface area contributed by atoms with Gasteiger partial charge in [0.2, 0.25) is 15.9 Å². The van der Waals surface area contributed by atoms with Gasteiger partial charge in [-0.2, -0.15) is 0 Å². The van der Waals surface area contributed by atoms with E-state index in [9.17, 15) is 18.0 Å². The van der Waals surface area contributed by atoms with Crippen molar-refractivity contribution in [3.05, 3.63) is 24.3 Å². The highest BCUT2D eigenvalue weighted by molar-refractivity contribution is 7.89. The molecule has 1 aromatic rings. The number of anilines is 1. The highest BCUT2D eigenvalue weighted by Gasteiger charge is 2.27. The molecular weight excluding hydrogens is 420 g/mol. The molecule has 1 aliphatic heterocycles. The maximum atomic E-state index is 12.8. The Labute approximate surface area is 185 Å². The van der Waals surface area contributed by atoms with Crippen molar-refractivity contribution in [1.29, 1.82) is 0 Å². The Hall–Kier alpha value is -2.17. The second-order valence-corrected chi connectivity index (χ2v) is 10.5. The number of carbonyl (C=O) groups excluding carboxylic acids is 2. The molecule has 0 radical (unpaired) electrons. The number of amides is 2. The summed E-state index contributed by atoms with van der Waals surface area (Å²) < 4.78 is 31.1. The fourth-order valence-corrected chi connectivity index (χ4v) is 4.14. The van der Waals surface area contributed by atoms with Crippen LogP contribution in [0.15, 0.2) is 29.2 Å². The molecule has 1 saturated heterocycles. The third-order valence-corrected chi connectivity index (χ3v) is 6.95. The van der Waals surface area contributed by atoms with Gasteiger partial charge in [0.15, 0.2) is 0 Å². The Morgan fingerprint density at radius 3 is 2.48 bits per heavy atom. The van der Waals surface area contributed by atoms with Crippen LogP contribution in [0.4, 0.5) is 10.5 Å². The second-order valence-electron chi connectivity index (χ2n) is 8.33. The molecule has 0 spiro atoms. The lowest BCUT2D eigenvalue weighted by atomic mass is 10.2. The summed E-state index contributed by atoms with van der Waals surface area (Å²) in [6.07, 6.45) is 0.428. The number of carbonyl (C=O) groups is 2. The van der Waals surface area contributed by atoms with E-state index < -0.39 is 16.1 Å². The van der Waals surface area contributed by atoms with Gasteiger partial charge in [0.05, 0.1) is 17.5 Å². The summed E-state index contributed by atoms with van der Waals surface area (Å²) in [5.74, 6) is 0.0533. The molecule has 1 atom stereocenters. The zero-order chi connectivity index (χ0) is 23.2. The SMILES string of the molecule is CC(C)COC(=O)N1CCCN(C(C)C(=O)Nc2cccc(S(=O)(=O)N(C)C)c2)CC1. The molecule has 31 heavy (non-hydrogen) atoms. The second kappa shape index (κ2) is 10.9. The van der Waals surface area contributed by atoms with Crippen molar-refractivity contribution in [2.75, 3.05) is 52.2 Å². The van der Waals surface area contributed by atoms with Gasteiger partial charge in [0.1, 0.15) is 0 Å². The predicted octanol–water partition coefficient (Wildman–Crippen LogP) is 2.06. The Morgan fingerprint density at radius 2 is 1.84 bits per heavy atom. The molecule has 1 heterocycles. The zero-order valence-corrected chi connectivity index (χ0v) is 19.8. The summed E-state index contributed by atoms with van der Waals surface area (Å²) in [5, 5.41) is 2.81. The van der Waals surface area contributed by atoms with E-state index in [1.54, 1.807) is 17.0 Å². The first-order chi connectivity index (χ1) is 14.5. The minimum atomic E-state index is -3.58. The van der Waals surface area contributed by atoms with Crippen LogP contribution in [-0.4, -0.2) is 87.4 Å². The lowest BCUT2D eigenvalue weighted by Gasteiger charge is -2.27. The van der Waals surface area contributed by atoms with Crippen LogP contribution >= 0.6 is 0 Å². The van der Waals surface area contributed by atoms with E-state index in [1.165, 1.54) is 26.2 Å². The van der Waals surface area contributed by atoms with E-state index >= 15 is 0 Å². The normalized spacial score (nSPS) is 16.8. The number of rotatable bonds is 7. The zero-order valence-electron chi connectivity index (χ0n) is 19.0. The van der Waals surface area contributed by atoms with E-state index in [0.29, 0.717) is 38.5 Å². The van der Waals surface area contributed by atoms with Crippen LogP contribution in [-0.2, 0) is 19.6 Å². The third-order valence-electron chi connectivity index (χ3n) is 5.14. The minimum absolute atomic E-state index is 0.119. The molecule has 0 saturated carbocycles. The lowest BCUT2D eigenvalue weighted by Crippen LogP contribution is -2.44. The van der Waals surface area contributed by atoms with Crippen molar-refractivity contribution in [1.82, 2.24) is 14.1 Å². The Morgan fingerprint density at radius 1 is 1.13 bits per heavy atom. The predicted molar refractivity (Wildman–Crippen MR) is 119 cm³/mol. The van der Waals surface area contributed by atoms with Crippen molar-refractivity contribution in [2.45, 2.75) is 38.1 Å². The number of sulfonamides is 1. The molecule has 0 bridgehead atoms. The molecular formula is C21H34N4O5S. The number of hydrogen-bond acceptors (Lipinski definition) is 6. The molecule has 9 nitrogen and oxygen atoms in total. The fourth-order valence-electron chi connectivity index (χ4n) is 3.19. The summed E-state index contributed by atoms with van der Waals surface area (Å²) in [6, 6.07) is 5.78. The van der Waals surface area contributed by atoms with E-state index in [2.05, 4.69) is 5.32 Å². The average molecular weight is 455 g/mol. The smallest absolute Gasteiger partial charge is 0.409 e. The average Bonchev–Trinajstić information content (AvgIpc) is 2.97. The van der Waals surface area contributed by atoms with Gasteiger partial charge in [-0.1, -0.05) is 19.9 Å². The Balaban J connectivity index is 1.97. The molecule has 2 rings (SSSR count). The van der Waals surface area contributed by atoms with Crippen molar-refractivity contribution < 1.29 is 22.7 Å². The number of ether oxygens (including phenoxy) is 1. The van der Waals surface area contributed by atoms with E-state index in [1.807, 2.05) is 25.7 Å². The van der Waals surface area contributed by atoms with Gasteiger partial charge in [0.25, 0.3) is 0 Å². The van der Waals surface area contributed by atoms with Gasteiger partial charge in [-0.05, 0) is 37.5 Å². The van der Waals surface area contributed by atoms with Crippen molar-refractivity contribution in [3.63, 3.8) is 0 Å². The van der Waals surface area contributed by atoms with Crippen molar-refractivity contribution >= 4 is 27.7 Å². The van der Waals surface area contributed by atoms with E-state index in [0.717, 1.165) is 10.7 Å². The largest absolute Gasteiger partial charge is 0.449 e. The first-order valence-electron chi connectivity index (χ1n) is 10.5. The molecule has 2 amide bonds. The van der Waals surface area contributed by atoms with Crippen LogP contribution in [0.2, 0.25) is 0 Å². The Bertz CT molecular complexity index is 872. The molecule has 1 N–H and O–H groups in total. The van der Waals surface area contributed by atoms with Gasteiger partial charge in [-0.25, -0.2) is 17.5 Å². The molecule has 0 aliphatic carbocycles. The maximum Gasteiger partial charge on any atom is 0.409 e. The van der Waals surface area contributed by atoms with Gasteiger partial charge in [-0.3, -0.25) is 9.69 Å². The minimum Gasteiger partial charge on any atom is -0.449 e. The van der Waals surface area contributed by atoms with Crippen molar-refractivity contribution in [2.24, 2.45) is 5.92 Å². The fraction of sp³-hybridized carbons (Fsp3) is 0.619. The van der Waals surface area contributed by atoms with Gasteiger partial charge in [-0.15, -0.1) is 0 Å². The molecule has 1 fully saturated rings. The lowest BCUT2D eigenvalue weighted by molar-refractivity contribution is -0.120. The first-order valence-corrected chi connectivity index (χ1v) is 12.0. The summed E-state index contributed by atoms with van der Waals surface area (Å²) in [7, 11) is -0.659. The molecule has 10 heteroatoms. The standard InChI is InChI=1S/C21H34N4O5S/c1-16(2)15-30-21(27)25-11-7-10-24(12-13-25)17(3)20(26)22-18-8-6-9-19(14-18)31(28,29)23(4)5/h6,8-9,14,16-17H,7,10-13,15H2,1-5H3,(H,22,26). The van der Waals surface area contributed by atoms with Crippen LogP contribution in [0.25, 0.3) is 0 Å². The summed E-state index contributed by atoms with van der Waals surface area (Å²) >= 11 is 0. The van der Waals surface area contributed by atoms with Gasteiger partial charge < -0.3 is 15.0 Å². The molecule has 1 unspecified atom stereocenters. The Kier molecular flexibility index (Phi) is 8.84. The number of nitrogens with zero attached hydrogens (tertiary/aromatic N) is 3. The number of benzene rings is 1. The van der Waals surface area contributed by atoms with Gasteiger partial charge >= 0.3 is 6.09 Å². The van der Waals surface area contributed by atoms with E-state index in [-0.39, 0.29) is 22.8 Å². The van der Waals surface area contributed by atoms with Crippen molar-refractivity contribution in [3.8, 4) is 0 Å². The summed E-state index contributed by atoms with van der Waals surface area (Å²) in [5.41, 5.74) is 0.425. The number of nitrogens with one attached hydrogen (secondary N) is 1.